The summed E-state index contributed by atoms with van der Waals surface area (Å²) in [5.41, 5.74) is 1.28. The van der Waals surface area contributed by atoms with Gasteiger partial charge in [0.05, 0.1) is 5.02 Å². The van der Waals surface area contributed by atoms with Gasteiger partial charge in [0.25, 0.3) is 5.91 Å². The Kier molecular flexibility index (Phi) is 6.28. The van der Waals surface area contributed by atoms with Crippen LogP contribution in [0.25, 0.3) is 0 Å². The van der Waals surface area contributed by atoms with E-state index in [0.29, 0.717) is 17.3 Å². The molecule has 0 fully saturated rings. The Hall–Kier alpha value is -2.00. The summed E-state index contributed by atoms with van der Waals surface area (Å²) < 4.78 is 5.58. The van der Waals surface area contributed by atoms with Gasteiger partial charge in [-0.2, -0.15) is 0 Å². The zero-order valence-electron chi connectivity index (χ0n) is 12.6. The highest BCUT2D eigenvalue weighted by Crippen LogP contribution is 2.24. The van der Waals surface area contributed by atoms with E-state index in [2.05, 4.69) is 17.4 Å². The second-order valence-electron chi connectivity index (χ2n) is 5.07. The summed E-state index contributed by atoms with van der Waals surface area (Å²) in [5.74, 6) is 0.393. The first-order valence-electron chi connectivity index (χ1n) is 7.39. The second-order valence-corrected chi connectivity index (χ2v) is 5.48. The lowest BCUT2D eigenvalue weighted by molar-refractivity contribution is -0.127. The zero-order valence-corrected chi connectivity index (χ0v) is 13.3. The molecule has 0 aliphatic heterocycles. The largest absolute Gasteiger partial charge is 0.479 e. The molecule has 1 atom stereocenters. The molecule has 1 unspecified atom stereocenters. The third-order valence-corrected chi connectivity index (χ3v) is 3.61. The number of benzene rings is 2. The van der Waals surface area contributed by atoms with Crippen LogP contribution < -0.4 is 10.1 Å². The molecule has 22 heavy (non-hydrogen) atoms. The van der Waals surface area contributed by atoms with E-state index in [1.54, 1.807) is 19.1 Å². The standard InChI is InChI=1S/C18H20ClNO2/c1-14(22-17-12-6-5-11-16(17)19)18(21)20-13-7-10-15-8-3-2-4-9-15/h2-6,8-9,11-12,14H,7,10,13H2,1H3,(H,20,21). The number of rotatable bonds is 7. The number of hydrogen-bond donors (Lipinski definition) is 1. The number of nitrogens with one attached hydrogen (secondary N) is 1. The molecule has 3 nitrogen and oxygen atoms in total. The van der Waals surface area contributed by atoms with Crippen LogP contribution in [0, 0.1) is 0 Å². The van der Waals surface area contributed by atoms with Crippen molar-refractivity contribution in [3.8, 4) is 5.75 Å². The maximum Gasteiger partial charge on any atom is 0.260 e. The monoisotopic (exact) mass is 317 g/mol. The number of carbonyl (C=O) groups excluding carboxylic acids is 1. The van der Waals surface area contributed by atoms with E-state index in [1.807, 2.05) is 30.3 Å². The maximum absolute atomic E-state index is 12.0. The van der Waals surface area contributed by atoms with Crippen molar-refractivity contribution in [2.45, 2.75) is 25.9 Å². The van der Waals surface area contributed by atoms with Gasteiger partial charge in [0.2, 0.25) is 0 Å². The quantitative estimate of drug-likeness (QED) is 0.788. The molecule has 0 aromatic heterocycles. The topological polar surface area (TPSA) is 38.3 Å². The smallest absolute Gasteiger partial charge is 0.260 e. The van der Waals surface area contributed by atoms with Gasteiger partial charge in [-0.15, -0.1) is 0 Å². The van der Waals surface area contributed by atoms with E-state index in [9.17, 15) is 4.79 Å². The number of halogens is 1. The summed E-state index contributed by atoms with van der Waals surface area (Å²) in [7, 11) is 0. The minimum atomic E-state index is -0.573. The fourth-order valence-corrected chi connectivity index (χ4v) is 2.26. The highest BCUT2D eigenvalue weighted by atomic mass is 35.5. The first kappa shape index (κ1) is 16.4. The molecule has 0 saturated carbocycles. The Morgan fingerprint density at radius 3 is 2.55 bits per heavy atom. The van der Waals surface area contributed by atoms with Crippen LogP contribution in [0.1, 0.15) is 18.9 Å². The third kappa shape index (κ3) is 5.08. The van der Waals surface area contributed by atoms with Crippen molar-refractivity contribution in [1.29, 1.82) is 0 Å². The molecule has 1 amide bonds. The molecule has 2 rings (SSSR count). The molecule has 2 aromatic rings. The molecule has 0 bridgehead atoms. The Morgan fingerprint density at radius 1 is 1.14 bits per heavy atom. The van der Waals surface area contributed by atoms with Crippen LogP contribution in [0.4, 0.5) is 0 Å². The predicted molar refractivity (Wildman–Crippen MR) is 89.3 cm³/mol. The fourth-order valence-electron chi connectivity index (χ4n) is 2.08. The number of carbonyl (C=O) groups is 1. The number of ether oxygens (including phenoxy) is 1. The van der Waals surface area contributed by atoms with Crippen LogP contribution in [0.5, 0.6) is 5.75 Å². The minimum Gasteiger partial charge on any atom is -0.479 e. The number of para-hydroxylation sites is 1. The third-order valence-electron chi connectivity index (χ3n) is 3.29. The Bertz CT molecular complexity index is 601. The highest BCUT2D eigenvalue weighted by molar-refractivity contribution is 6.32. The van der Waals surface area contributed by atoms with Crippen LogP contribution in [0.15, 0.2) is 54.6 Å². The average molecular weight is 318 g/mol. The van der Waals surface area contributed by atoms with Crippen molar-refractivity contribution in [1.82, 2.24) is 5.32 Å². The van der Waals surface area contributed by atoms with E-state index < -0.39 is 6.10 Å². The van der Waals surface area contributed by atoms with Gasteiger partial charge in [0.1, 0.15) is 5.75 Å². The Balaban J connectivity index is 1.71. The zero-order chi connectivity index (χ0) is 15.8. The van der Waals surface area contributed by atoms with E-state index in [-0.39, 0.29) is 5.91 Å². The van der Waals surface area contributed by atoms with Crippen LogP contribution in [0.3, 0.4) is 0 Å². The van der Waals surface area contributed by atoms with E-state index in [1.165, 1.54) is 5.56 Å². The molecule has 1 N–H and O–H groups in total. The van der Waals surface area contributed by atoms with Gasteiger partial charge in [0, 0.05) is 6.54 Å². The van der Waals surface area contributed by atoms with Crippen LogP contribution in [-0.2, 0) is 11.2 Å². The van der Waals surface area contributed by atoms with Crippen LogP contribution in [-0.4, -0.2) is 18.6 Å². The molecule has 0 saturated heterocycles. The number of aryl methyl sites for hydroxylation is 1. The molecule has 4 heteroatoms. The van der Waals surface area contributed by atoms with Gasteiger partial charge >= 0.3 is 0 Å². The van der Waals surface area contributed by atoms with Crippen molar-refractivity contribution >= 4 is 17.5 Å². The highest BCUT2D eigenvalue weighted by Gasteiger charge is 2.15. The molecule has 0 aliphatic rings. The molecule has 116 valence electrons. The molecule has 0 aliphatic carbocycles. The summed E-state index contributed by atoms with van der Waals surface area (Å²) in [6.07, 6.45) is 1.27. The van der Waals surface area contributed by atoms with E-state index in [4.69, 9.17) is 16.3 Å². The van der Waals surface area contributed by atoms with Gasteiger partial charge in [-0.1, -0.05) is 54.1 Å². The van der Waals surface area contributed by atoms with Gasteiger partial charge < -0.3 is 10.1 Å². The van der Waals surface area contributed by atoms with Crippen LogP contribution >= 0.6 is 11.6 Å². The molecular weight excluding hydrogens is 298 g/mol. The maximum atomic E-state index is 12.0. The summed E-state index contributed by atoms with van der Waals surface area (Å²) in [6.45, 7) is 2.35. The first-order valence-corrected chi connectivity index (χ1v) is 7.77. The molecule has 0 heterocycles. The SMILES string of the molecule is CC(Oc1ccccc1Cl)C(=O)NCCCc1ccccc1. The lowest BCUT2D eigenvalue weighted by Gasteiger charge is -2.15. The second kappa shape index (κ2) is 8.44. The normalized spacial score (nSPS) is 11.7. The summed E-state index contributed by atoms with van der Waals surface area (Å²) in [4.78, 5) is 12.0. The van der Waals surface area contributed by atoms with Crippen molar-refractivity contribution in [3.63, 3.8) is 0 Å². The molecule has 0 radical (unpaired) electrons. The Labute approximate surface area is 136 Å². The van der Waals surface area contributed by atoms with E-state index in [0.717, 1.165) is 12.8 Å². The number of amides is 1. The summed E-state index contributed by atoms with van der Waals surface area (Å²) in [5, 5.41) is 3.39. The van der Waals surface area contributed by atoms with E-state index >= 15 is 0 Å². The van der Waals surface area contributed by atoms with Crippen molar-refractivity contribution < 1.29 is 9.53 Å². The lowest BCUT2D eigenvalue weighted by Crippen LogP contribution is -2.37. The van der Waals surface area contributed by atoms with Gasteiger partial charge in [0.15, 0.2) is 6.10 Å². The minimum absolute atomic E-state index is 0.131. The Morgan fingerprint density at radius 2 is 1.82 bits per heavy atom. The van der Waals surface area contributed by atoms with Crippen molar-refractivity contribution in [2.75, 3.05) is 6.54 Å². The molecule has 2 aromatic carbocycles. The van der Waals surface area contributed by atoms with Crippen molar-refractivity contribution in [2.24, 2.45) is 0 Å². The number of hydrogen-bond acceptors (Lipinski definition) is 2. The fraction of sp³-hybridized carbons (Fsp3) is 0.278. The molecular formula is C18H20ClNO2. The lowest BCUT2D eigenvalue weighted by atomic mass is 10.1. The van der Waals surface area contributed by atoms with Gasteiger partial charge in [-0.3, -0.25) is 4.79 Å². The van der Waals surface area contributed by atoms with Crippen molar-refractivity contribution in [3.05, 3.63) is 65.2 Å². The van der Waals surface area contributed by atoms with Gasteiger partial charge in [-0.25, -0.2) is 0 Å². The predicted octanol–water partition coefficient (Wildman–Crippen LogP) is 3.86. The average Bonchev–Trinajstić information content (AvgIpc) is 2.54. The molecule has 0 spiro atoms. The van der Waals surface area contributed by atoms with Gasteiger partial charge in [-0.05, 0) is 37.5 Å². The summed E-state index contributed by atoms with van der Waals surface area (Å²) in [6, 6.07) is 17.4. The van der Waals surface area contributed by atoms with Crippen LogP contribution in [0.2, 0.25) is 5.02 Å². The summed E-state index contributed by atoms with van der Waals surface area (Å²) >= 11 is 6.01. The first-order chi connectivity index (χ1) is 10.7.